The van der Waals surface area contributed by atoms with Gasteiger partial charge in [-0.2, -0.15) is 0 Å². The van der Waals surface area contributed by atoms with Crippen molar-refractivity contribution in [1.29, 1.82) is 0 Å². The van der Waals surface area contributed by atoms with Crippen LogP contribution in [0.4, 0.5) is 4.39 Å². The van der Waals surface area contributed by atoms with Crippen molar-refractivity contribution in [2.24, 2.45) is 0 Å². The summed E-state index contributed by atoms with van der Waals surface area (Å²) in [7, 11) is 0. The van der Waals surface area contributed by atoms with Gasteiger partial charge >= 0.3 is 5.97 Å². The highest BCUT2D eigenvalue weighted by molar-refractivity contribution is 7.98. The van der Waals surface area contributed by atoms with Gasteiger partial charge in [0.1, 0.15) is 11.6 Å². The number of aromatic nitrogens is 2. The number of carboxylic acids is 1. The SMILES string of the molecule is CCCc1nc(CSc2ccc(F)cc2)ncc1C(=O)O. The standard InChI is InChI=1S/C15H15FN2O2S/c1-2-3-13-12(15(19)20)8-17-14(18-13)9-21-11-6-4-10(16)5-7-11/h4-8H,2-3,9H2,1H3,(H,19,20). The molecule has 4 nitrogen and oxygen atoms in total. The van der Waals surface area contributed by atoms with Crippen molar-refractivity contribution in [1.82, 2.24) is 9.97 Å². The van der Waals surface area contributed by atoms with Crippen LogP contribution in [0.5, 0.6) is 0 Å². The highest BCUT2D eigenvalue weighted by atomic mass is 32.2. The Labute approximate surface area is 126 Å². The van der Waals surface area contributed by atoms with Crippen LogP contribution in [0.15, 0.2) is 35.4 Å². The lowest BCUT2D eigenvalue weighted by atomic mass is 10.1. The average Bonchev–Trinajstić information content (AvgIpc) is 2.47. The van der Waals surface area contributed by atoms with Crippen molar-refractivity contribution >= 4 is 17.7 Å². The summed E-state index contributed by atoms with van der Waals surface area (Å²) in [6.45, 7) is 1.97. The number of rotatable bonds is 6. The molecule has 21 heavy (non-hydrogen) atoms. The van der Waals surface area contributed by atoms with Crippen LogP contribution in [0, 0.1) is 5.82 Å². The number of benzene rings is 1. The molecular formula is C15H15FN2O2S. The van der Waals surface area contributed by atoms with Crippen molar-refractivity contribution in [3.05, 3.63) is 53.4 Å². The van der Waals surface area contributed by atoms with Gasteiger partial charge in [0.05, 0.1) is 17.0 Å². The van der Waals surface area contributed by atoms with E-state index < -0.39 is 5.97 Å². The summed E-state index contributed by atoms with van der Waals surface area (Å²) < 4.78 is 12.8. The zero-order valence-corrected chi connectivity index (χ0v) is 12.4. The fourth-order valence-electron chi connectivity index (χ4n) is 1.81. The summed E-state index contributed by atoms with van der Waals surface area (Å²) in [5.41, 5.74) is 0.724. The third kappa shape index (κ3) is 4.26. The van der Waals surface area contributed by atoms with E-state index in [1.54, 1.807) is 12.1 Å². The zero-order valence-electron chi connectivity index (χ0n) is 11.5. The van der Waals surface area contributed by atoms with Crippen molar-refractivity contribution in [3.8, 4) is 0 Å². The van der Waals surface area contributed by atoms with Crippen molar-refractivity contribution in [2.45, 2.75) is 30.4 Å². The Balaban J connectivity index is 2.11. The Morgan fingerprint density at radius 1 is 1.33 bits per heavy atom. The highest BCUT2D eigenvalue weighted by Crippen LogP contribution is 2.22. The third-order valence-corrected chi connectivity index (χ3v) is 3.82. The molecule has 0 unspecified atom stereocenters. The first-order chi connectivity index (χ1) is 10.1. The molecule has 0 amide bonds. The smallest absolute Gasteiger partial charge is 0.339 e. The number of halogens is 1. The summed E-state index contributed by atoms with van der Waals surface area (Å²) in [4.78, 5) is 20.4. The molecular weight excluding hydrogens is 291 g/mol. The van der Waals surface area contributed by atoms with Crippen LogP contribution in [0.25, 0.3) is 0 Å². The maximum atomic E-state index is 12.8. The lowest BCUT2D eigenvalue weighted by Gasteiger charge is -2.06. The van der Waals surface area contributed by atoms with Gasteiger partial charge in [-0.1, -0.05) is 13.3 Å². The minimum Gasteiger partial charge on any atom is -0.478 e. The van der Waals surface area contributed by atoms with Gasteiger partial charge in [0.15, 0.2) is 0 Å². The van der Waals surface area contributed by atoms with Gasteiger partial charge in [0, 0.05) is 11.1 Å². The minimum atomic E-state index is -1.00. The van der Waals surface area contributed by atoms with E-state index in [1.807, 2.05) is 6.92 Å². The summed E-state index contributed by atoms with van der Waals surface area (Å²) in [5, 5.41) is 9.10. The Hall–Kier alpha value is -1.95. The molecule has 0 bridgehead atoms. The molecule has 0 spiro atoms. The topological polar surface area (TPSA) is 63.1 Å². The molecule has 0 atom stereocenters. The normalized spacial score (nSPS) is 10.6. The first-order valence-electron chi connectivity index (χ1n) is 6.56. The number of hydrogen-bond acceptors (Lipinski definition) is 4. The van der Waals surface area contributed by atoms with E-state index in [0.717, 1.165) is 11.3 Å². The highest BCUT2D eigenvalue weighted by Gasteiger charge is 2.13. The molecule has 0 fully saturated rings. The molecule has 0 saturated carbocycles. The monoisotopic (exact) mass is 306 g/mol. The second-order valence-electron chi connectivity index (χ2n) is 4.44. The van der Waals surface area contributed by atoms with E-state index in [1.165, 1.54) is 30.1 Å². The molecule has 1 aromatic carbocycles. The van der Waals surface area contributed by atoms with Crippen LogP contribution in [0.1, 0.15) is 35.2 Å². The number of nitrogens with zero attached hydrogens (tertiary/aromatic N) is 2. The predicted molar refractivity (Wildman–Crippen MR) is 78.9 cm³/mol. The van der Waals surface area contributed by atoms with E-state index in [4.69, 9.17) is 5.11 Å². The van der Waals surface area contributed by atoms with Gasteiger partial charge in [-0.15, -0.1) is 11.8 Å². The lowest BCUT2D eigenvalue weighted by Crippen LogP contribution is -2.08. The second-order valence-corrected chi connectivity index (χ2v) is 5.49. The molecule has 2 rings (SSSR count). The van der Waals surface area contributed by atoms with Gasteiger partial charge in [0.2, 0.25) is 0 Å². The van der Waals surface area contributed by atoms with E-state index >= 15 is 0 Å². The van der Waals surface area contributed by atoms with E-state index in [2.05, 4.69) is 9.97 Å². The molecule has 0 aliphatic rings. The second kappa shape index (κ2) is 7.17. The quantitative estimate of drug-likeness (QED) is 0.827. The Bertz CT molecular complexity index is 632. The van der Waals surface area contributed by atoms with Gasteiger partial charge < -0.3 is 5.11 Å². The molecule has 0 aliphatic carbocycles. The van der Waals surface area contributed by atoms with Crippen molar-refractivity contribution < 1.29 is 14.3 Å². The van der Waals surface area contributed by atoms with Crippen LogP contribution in [-0.2, 0) is 12.2 Å². The number of carboxylic acid groups (broad SMARTS) is 1. The number of aryl methyl sites for hydroxylation is 1. The minimum absolute atomic E-state index is 0.160. The van der Waals surface area contributed by atoms with Crippen LogP contribution >= 0.6 is 11.8 Å². The lowest BCUT2D eigenvalue weighted by molar-refractivity contribution is 0.0694. The molecule has 1 aromatic heterocycles. The van der Waals surface area contributed by atoms with Crippen LogP contribution in [0.2, 0.25) is 0 Å². The third-order valence-electron chi connectivity index (χ3n) is 2.82. The van der Waals surface area contributed by atoms with E-state index in [-0.39, 0.29) is 11.4 Å². The maximum absolute atomic E-state index is 12.8. The predicted octanol–water partition coefficient (Wildman–Crippen LogP) is 3.56. The van der Waals surface area contributed by atoms with Gasteiger partial charge in [-0.05, 0) is 30.7 Å². The summed E-state index contributed by atoms with van der Waals surface area (Å²) >= 11 is 1.48. The molecule has 0 saturated heterocycles. The Morgan fingerprint density at radius 3 is 2.67 bits per heavy atom. The summed E-state index contributed by atoms with van der Waals surface area (Å²) in [6, 6.07) is 6.19. The Morgan fingerprint density at radius 2 is 2.05 bits per heavy atom. The molecule has 1 heterocycles. The van der Waals surface area contributed by atoms with Gasteiger partial charge in [-0.25, -0.2) is 19.2 Å². The van der Waals surface area contributed by atoms with Crippen LogP contribution in [-0.4, -0.2) is 21.0 Å². The molecule has 110 valence electrons. The van der Waals surface area contributed by atoms with E-state index in [9.17, 15) is 9.18 Å². The van der Waals surface area contributed by atoms with E-state index in [0.29, 0.717) is 23.7 Å². The molecule has 0 aliphatic heterocycles. The fraction of sp³-hybridized carbons (Fsp3) is 0.267. The molecule has 6 heteroatoms. The largest absolute Gasteiger partial charge is 0.478 e. The fourth-order valence-corrected chi connectivity index (χ4v) is 2.58. The zero-order chi connectivity index (χ0) is 15.2. The summed E-state index contributed by atoms with van der Waals surface area (Å²) in [6.07, 6.45) is 2.79. The first-order valence-corrected chi connectivity index (χ1v) is 7.55. The average molecular weight is 306 g/mol. The Kier molecular flexibility index (Phi) is 5.27. The van der Waals surface area contributed by atoms with Gasteiger partial charge in [-0.3, -0.25) is 0 Å². The number of carbonyl (C=O) groups is 1. The van der Waals surface area contributed by atoms with Crippen molar-refractivity contribution in [3.63, 3.8) is 0 Å². The number of aromatic carboxylic acids is 1. The molecule has 0 radical (unpaired) electrons. The maximum Gasteiger partial charge on any atom is 0.339 e. The number of thioether (sulfide) groups is 1. The first kappa shape index (κ1) is 15.4. The molecule has 1 N–H and O–H groups in total. The van der Waals surface area contributed by atoms with Crippen LogP contribution < -0.4 is 0 Å². The molecule has 2 aromatic rings. The van der Waals surface area contributed by atoms with Crippen molar-refractivity contribution in [2.75, 3.05) is 0 Å². The van der Waals surface area contributed by atoms with Crippen LogP contribution in [0.3, 0.4) is 0 Å². The number of hydrogen-bond donors (Lipinski definition) is 1. The van der Waals surface area contributed by atoms with Gasteiger partial charge in [0.25, 0.3) is 0 Å². The summed E-state index contributed by atoms with van der Waals surface area (Å²) in [5.74, 6) is -0.178.